The lowest BCUT2D eigenvalue weighted by Gasteiger charge is -2.52. The van der Waals surface area contributed by atoms with Gasteiger partial charge in [-0.25, -0.2) is 0 Å². The molecule has 16 rings (SSSR count). The van der Waals surface area contributed by atoms with Crippen molar-refractivity contribution in [1.29, 1.82) is 0 Å². The lowest BCUT2D eigenvalue weighted by Crippen LogP contribution is -2.69. The normalized spacial score (nSPS) is 24.9. The fourth-order valence-electron chi connectivity index (χ4n) is 16.8. The Labute approximate surface area is 835 Å². The molecule has 0 spiro atoms. The van der Waals surface area contributed by atoms with E-state index < -0.39 is 123 Å². The van der Waals surface area contributed by atoms with E-state index in [0.717, 1.165) is 61.2 Å². The van der Waals surface area contributed by atoms with Crippen LogP contribution >= 0.6 is 69.6 Å². The molecule has 12 aromatic carbocycles. The summed E-state index contributed by atoms with van der Waals surface area (Å²) in [5, 5.41) is 17.1. The van der Waals surface area contributed by atoms with Crippen molar-refractivity contribution < 1.29 is 99.8 Å². The number of hydrogen-bond donors (Lipinski definition) is 1. The van der Waals surface area contributed by atoms with Crippen LogP contribution < -0.4 is 0 Å². The van der Waals surface area contributed by atoms with Gasteiger partial charge in [-0.15, -0.1) is 6.58 Å². The van der Waals surface area contributed by atoms with Crippen molar-refractivity contribution in [2.45, 2.75) is 202 Å². The molecule has 12 aromatic rings. The van der Waals surface area contributed by atoms with E-state index in [-0.39, 0.29) is 112 Å². The first-order chi connectivity index (χ1) is 67.7. The standard InChI is InChI=1S/C111H112Cl6O21/c1-2-57-123-109-105(102(129-64-78-29-17-7-18-30-78)98(125-62-76-25-13-5-14-26-76)93(133-109)71-119-58-74-21-9-3-10-22-74)137-111-107(104(130-65-79-31-19-8-20-32-79)100(126-63-77-27-15-6-16-28-77)94(135-111)72-120-59-75-23-11-4-12-24-75)138-110-106(103(131-69-85-43-55-91(117)56-44-85)99(127-67-83-39-51-89(115)52-40-83)95(134-110)73-122-61-81-35-47-87(113)48-36-81)136-108-96(118)101(128-68-84-41-53-90(116)54-42-84)97(124-66-82-37-49-88(114)50-38-82)92(132-108)70-121-60-80-33-45-86(112)46-34-80/h2-56,92-111,118H,1,57-73H2/t92-,93-,94-,95-,96-,97-,98-,99-,100-,101-,102+,103+,104+,105+,106+,107+,108+,109-,110+,111+/m1/s1. The van der Waals surface area contributed by atoms with Crippen molar-refractivity contribution in [3.63, 3.8) is 0 Å². The molecule has 0 aromatic heterocycles. The summed E-state index contributed by atoms with van der Waals surface area (Å²) in [7, 11) is 0. The van der Waals surface area contributed by atoms with E-state index in [9.17, 15) is 5.11 Å². The molecule has 27 heteroatoms. The van der Waals surface area contributed by atoms with Gasteiger partial charge >= 0.3 is 0 Å². The molecule has 0 unspecified atom stereocenters. The molecule has 4 heterocycles. The van der Waals surface area contributed by atoms with Gasteiger partial charge in [0.25, 0.3) is 0 Å². The second-order valence-electron chi connectivity index (χ2n) is 34.0. The van der Waals surface area contributed by atoms with Crippen LogP contribution in [-0.2, 0) is 174 Å². The molecular weight excluding hydrogens is 1880 g/mol. The summed E-state index contributed by atoms with van der Waals surface area (Å²) in [4.78, 5) is 0. The van der Waals surface area contributed by atoms with Gasteiger partial charge in [0, 0.05) is 30.1 Å². The molecule has 0 bridgehead atoms. The Bertz CT molecular complexity index is 5520. The largest absolute Gasteiger partial charge is 0.385 e. The average Bonchev–Trinajstić information content (AvgIpc) is 0.752. The Hall–Kier alpha value is -8.72. The Morgan fingerprint density at radius 3 is 0.652 bits per heavy atom. The van der Waals surface area contributed by atoms with Gasteiger partial charge in [-0.2, -0.15) is 0 Å². The van der Waals surface area contributed by atoms with Crippen LogP contribution in [0.1, 0.15) is 66.8 Å². The second-order valence-corrected chi connectivity index (χ2v) is 36.6. The predicted molar refractivity (Wildman–Crippen MR) is 526 cm³/mol. The van der Waals surface area contributed by atoms with Gasteiger partial charge < -0.3 is 99.8 Å². The highest BCUT2D eigenvalue weighted by Gasteiger charge is 2.60. The Balaban J connectivity index is 0.882. The molecule has 21 nitrogen and oxygen atoms in total. The maximum Gasteiger partial charge on any atom is 0.187 e. The zero-order valence-corrected chi connectivity index (χ0v) is 80.4. The topological polar surface area (TPSA) is 205 Å². The number of rotatable bonds is 49. The molecule has 0 saturated carbocycles. The molecule has 4 aliphatic heterocycles. The van der Waals surface area contributed by atoms with Crippen LogP contribution in [-0.4, -0.2) is 161 Å². The zero-order chi connectivity index (χ0) is 95.0. The summed E-state index contributed by atoms with van der Waals surface area (Å²) in [5.41, 5.74) is 9.66. The summed E-state index contributed by atoms with van der Waals surface area (Å²) in [6.07, 6.45) is -24.8. The second kappa shape index (κ2) is 53.4. The van der Waals surface area contributed by atoms with Crippen molar-refractivity contribution in [2.24, 2.45) is 0 Å². The minimum Gasteiger partial charge on any atom is -0.385 e. The van der Waals surface area contributed by atoms with Crippen molar-refractivity contribution in [3.05, 3.63) is 437 Å². The number of aliphatic hydroxyl groups is 1. The quantitative estimate of drug-likeness (QED) is 0.0352. The Morgan fingerprint density at radius 1 is 0.210 bits per heavy atom. The summed E-state index contributed by atoms with van der Waals surface area (Å²) < 4.78 is 148. The highest BCUT2D eigenvalue weighted by molar-refractivity contribution is 6.32. The van der Waals surface area contributed by atoms with Crippen LogP contribution in [0, 0.1) is 0 Å². The number of hydrogen-bond acceptors (Lipinski definition) is 21. The highest BCUT2D eigenvalue weighted by atomic mass is 35.5. The molecule has 724 valence electrons. The van der Waals surface area contributed by atoms with Gasteiger partial charge in [-0.05, 0) is 140 Å². The fraction of sp³-hybridized carbons (Fsp3) is 0.333. The summed E-state index contributed by atoms with van der Waals surface area (Å²) in [6.45, 7) is 4.15. The molecule has 0 amide bonds. The van der Waals surface area contributed by atoms with E-state index >= 15 is 0 Å². The first kappa shape index (κ1) is 102. The van der Waals surface area contributed by atoms with Crippen LogP contribution in [0.15, 0.2) is 340 Å². The number of benzene rings is 12. The third-order valence-electron chi connectivity index (χ3n) is 23.9. The van der Waals surface area contributed by atoms with E-state index in [4.69, 9.17) is 164 Å². The predicted octanol–water partition coefficient (Wildman–Crippen LogP) is 22.1. The highest BCUT2D eigenvalue weighted by Crippen LogP contribution is 2.43. The van der Waals surface area contributed by atoms with Crippen LogP contribution in [0.3, 0.4) is 0 Å². The lowest BCUT2D eigenvalue weighted by atomic mass is 9.94. The molecule has 138 heavy (non-hydrogen) atoms. The minimum absolute atomic E-state index is 0.00207. The van der Waals surface area contributed by atoms with Gasteiger partial charge in [-0.3, -0.25) is 0 Å². The van der Waals surface area contributed by atoms with Crippen molar-refractivity contribution in [2.75, 3.05) is 33.0 Å². The third-order valence-corrected chi connectivity index (χ3v) is 25.4. The summed E-state index contributed by atoms with van der Waals surface area (Å²) in [5.74, 6) is 0. The Kier molecular flexibility index (Phi) is 39.5. The summed E-state index contributed by atoms with van der Waals surface area (Å²) >= 11 is 39.5. The van der Waals surface area contributed by atoms with E-state index in [1.165, 1.54) is 0 Å². The maximum atomic E-state index is 14.0. The van der Waals surface area contributed by atoms with E-state index in [1.807, 2.05) is 255 Å². The van der Waals surface area contributed by atoms with Crippen LogP contribution in [0.5, 0.6) is 0 Å². The first-order valence-corrected chi connectivity index (χ1v) is 48.4. The van der Waals surface area contributed by atoms with Crippen molar-refractivity contribution in [3.8, 4) is 0 Å². The molecule has 1 N–H and O–H groups in total. The summed E-state index contributed by atoms with van der Waals surface area (Å²) in [6, 6.07) is 103. The third kappa shape index (κ3) is 30.2. The average molecular weight is 1990 g/mol. The number of halogens is 6. The molecule has 4 fully saturated rings. The smallest absolute Gasteiger partial charge is 0.187 e. The van der Waals surface area contributed by atoms with E-state index in [1.54, 1.807) is 78.9 Å². The van der Waals surface area contributed by atoms with Crippen LogP contribution in [0.2, 0.25) is 30.1 Å². The Morgan fingerprint density at radius 2 is 0.399 bits per heavy atom. The monoisotopic (exact) mass is 1990 g/mol. The van der Waals surface area contributed by atoms with Crippen molar-refractivity contribution >= 4 is 69.6 Å². The zero-order valence-electron chi connectivity index (χ0n) is 75.9. The van der Waals surface area contributed by atoms with Crippen LogP contribution in [0.4, 0.5) is 0 Å². The molecule has 20 atom stereocenters. The van der Waals surface area contributed by atoms with E-state index in [2.05, 4.69) is 6.58 Å². The molecule has 0 aliphatic carbocycles. The van der Waals surface area contributed by atoms with Gasteiger partial charge in [0.2, 0.25) is 0 Å². The molecular formula is C111H112Cl6O21. The first-order valence-electron chi connectivity index (χ1n) is 46.1. The number of aliphatic hydroxyl groups excluding tert-OH is 1. The van der Waals surface area contributed by atoms with Crippen molar-refractivity contribution in [1.82, 2.24) is 0 Å². The lowest BCUT2D eigenvalue weighted by molar-refractivity contribution is -0.416. The maximum absolute atomic E-state index is 14.0. The number of ether oxygens (including phenoxy) is 20. The molecule has 0 radical (unpaired) electrons. The van der Waals surface area contributed by atoms with Gasteiger partial charge in [-0.1, -0.05) is 330 Å². The van der Waals surface area contributed by atoms with Gasteiger partial charge in [0.1, 0.15) is 97.7 Å². The van der Waals surface area contributed by atoms with Gasteiger partial charge in [0.15, 0.2) is 25.2 Å². The van der Waals surface area contributed by atoms with E-state index in [0.29, 0.717) is 35.7 Å². The SMILES string of the molecule is C=CCO[C@@H]1O[C@H](COCc2ccccc2)[C@@H](OCc2ccccc2)[C@H](OCc2ccccc2)[C@@H]1O[C@@H]1O[C@H](COCc2ccccc2)[C@@H](OCc2ccccc2)[C@H](OCc2ccccc2)[C@@H]1O[C@@H]1O[C@H](COCc2ccc(Cl)cc2)[C@@H](OCc2ccc(Cl)cc2)[C@H](OCc2ccc(Cl)cc2)[C@@H]1O[C@@H]1O[C@H](COCc2ccc(Cl)cc2)[C@@H](OCc2ccc(Cl)cc2)[C@H](OCc2ccc(Cl)cc2)[C@H]1O. The fourth-order valence-corrected chi connectivity index (χ4v) is 17.6. The molecule has 4 saturated heterocycles. The molecule has 4 aliphatic rings. The van der Waals surface area contributed by atoms with Crippen LogP contribution in [0.25, 0.3) is 0 Å². The minimum atomic E-state index is -1.75. The van der Waals surface area contributed by atoms with Gasteiger partial charge in [0.05, 0.1) is 112 Å².